The van der Waals surface area contributed by atoms with Gasteiger partial charge in [0.25, 0.3) is 0 Å². The number of para-hydroxylation sites is 1. The molecule has 0 atom stereocenters. The summed E-state index contributed by atoms with van der Waals surface area (Å²) in [4.78, 5) is 23.5. The Kier molecular flexibility index (Phi) is 5.37. The van der Waals surface area contributed by atoms with Crippen molar-refractivity contribution in [3.8, 4) is 23.5 Å². The molecule has 2 fully saturated rings. The fraction of sp³-hybridized carbons (Fsp3) is 0.267. The number of rotatable bonds is 6. The zero-order valence-corrected chi connectivity index (χ0v) is 21.2. The van der Waals surface area contributed by atoms with Gasteiger partial charge >= 0.3 is 0 Å². The molecule has 8 nitrogen and oxygen atoms in total. The first-order valence-corrected chi connectivity index (χ1v) is 13.0. The second-order valence-electron chi connectivity index (χ2n) is 10.7. The van der Waals surface area contributed by atoms with E-state index in [0.717, 1.165) is 70.9 Å². The van der Waals surface area contributed by atoms with E-state index < -0.39 is 0 Å². The van der Waals surface area contributed by atoms with Gasteiger partial charge in [-0.15, -0.1) is 6.42 Å². The Balaban J connectivity index is 1.28. The number of hydrogen-bond donors (Lipinski definition) is 2. The number of terminal acetylenes is 1. The lowest BCUT2D eigenvalue weighted by Gasteiger charge is -2.30. The number of fused-ring (bicyclic) bond motifs is 4. The van der Waals surface area contributed by atoms with E-state index in [-0.39, 0.29) is 23.5 Å². The molecule has 0 spiro atoms. The van der Waals surface area contributed by atoms with Crippen molar-refractivity contribution >= 4 is 27.8 Å². The van der Waals surface area contributed by atoms with Crippen LogP contribution in [0.2, 0.25) is 0 Å². The van der Waals surface area contributed by atoms with Crippen molar-refractivity contribution in [2.45, 2.75) is 49.8 Å². The van der Waals surface area contributed by atoms with Gasteiger partial charge < -0.3 is 10.3 Å². The number of halogens is 1. The Morgan fingerprint density at radius 3 is 2.74 bits per heavy atom. The number of nitrogen functional groups attached to an aromatic ring is 1. The van der Waals surface area contributed by atoms with E-state index in [9.17, 15) is 4.39 Å². The van der Waals surface area contributed by atoms with Gasteiger partial charge in [-0.25, -0.2) is 14.4 Å². The molecule has 39 heavy (non-hydrogen) atoms. The third-order valence-electron chi connectivity index (χ3n) is 8.36. The topological polar surface area (TPSA) is 104 Å². The summed E-state index contributed by atoms with van der Waals surface area (Å²) in [5.41, 5.74) is 14.1. The molecule has 9 heteroatoms. The van der Waals surface area contributed by atoms with Gasteiger partial charge in [-0.2, -0.15) is 5.48 Å². The summed E-state index contributed by atoms with van der Waals surface area (Å²) in [5, 5.41) is 1.77. The highest BCUT2D eigenvalue weighted by atomic mass is 19.1. The maximum atomic E-state index is 13.5. The molecule has 0 radical (unpaired) electrons. The number of anilines is 1. The largest absolute Gasteiger partial charge is 0.383 e. The minimum atomic E-state index is -0.380. The summed E-state index contributed by atoms with van der Waals surface area (Å²) >= 11 is 0. The van der Waals surface area contributed by atoms with E-state index in [1.165, 1.54) is 18.6 Å². The van der Waals surface area contributed by atoms with Gasteiger partial charge in [-0.1, -0.05) is 24.1 Å². The van der Waals surface area contributed by atoms with E-state index in [4.69, 9.17) is 22.0 Å². The number of hydrogen-bond acceptors (Lipinski definition) is 7. The Bertz CT molecular complexity index is 1780. The van der Waals surface area contributed by atoms with Crippen LogP contribution >= 0.6 is 0 Å². The van der Waals surface area contributed by atoms with Gasteiger partial charge in [0.05, 0.1) is 23.7 Å². The van der Waals surface area contributed by atoms with Crippen LogP contribution in [-0.4, -0.2) is 30.0 Å². The standard InChI is InChI=1S/C30H26FN7O/c1-2-24-25(21-12-20-5-3-4-6-23(20)34-14-21)26-27(32)35-18-36-28(26)38(24)30-9-7-29(17-30,8-10-30)37-39-16-19-11-22(31)15-33-13-19/h1,3-6,11-15,18,37H,7-10,16-17H2,(H2,32,35,36). The molecule has 2 aliphatic carbocycles. The van der Waals surface area contributed by atoms with Gasteiger partial charge in [0.2, 0.25) is 0 Å². The SMILES string of the molecule is C#Cc1c(-c2cnc3ccccc3c2)c2c(N)ncnc2n1C12CCC(NOCc3cncc(F)c3)(CC1)C2. The average Bonchev–Trinajstić information content (AvgIpc) is 3.62. The Morgan fingerprint density at radius 1 is 1.08 bits per heavy atom. The maximum absolute atomic E-state index is 13.5. The summed E-state index contributed by atoms with van der Waals surface area (Å²) in [6, 6.07) is 11.5. The molecule has 2 aliphatic rings. The molecule has 1 aromatic carbocycles. The summed E-state index contributed by atoms with van der Waals surface area (Å²) in [7, 11) is 0. The lowest BCUT2D eigenvalue weighted by atomic mass is 9.91. The number of hydroxylamine groups is 1. The summed E-state index contributed by atoms with van der Waals surface area (Å²) < 4.78 is 15.8. The molecule has 194 valence electrons. The Morgan fingerprint density at radius 2 is 1.92 bits per heavy atom. The monoisotopic (exact) mass is 519 g/mol. The van der Waals surface area contributed by atoms with Crippen LogP contribution in [0, 0.1) is 18.2 Å². The highest BCUT2D eigenvalue weighted by Gasteiger charge is 2.57. The van der Waals surface area contributed by atoms with E-state index >= 15 is 0 Å². The molecule has 7 rings (SSSR count). The number of aromatic nitrogens is 5. The van der Waals surface area contributed by atoms with Crippen molar-refractivity contribution in [2.75, 3.05) is 5.73 Å². The summed E-state index contributed by atoms with van der Waals surface area (Å²) in [6.07, 6.45) is 16.8. The van der Waals surface area contributed by atoms with Gasteiger partial charge in [0, 0.05) is 45.5 Å². The Hall–Kier alpha value is -4.39. The lowest BCUT2D eigenvalue weighted by molar-refractivity contribution is -0.0319. The fourth-order valence-electron chi connectivity index (χ4n) is 6.65. The molecular weight excluding hydrogens is 493 g/mol. The van der Waals surface area contributed by atoms with Crippen molar-refractivity contribution in [1.29, 1.82) is 0 Å². The molecule has 3 N–H and O–H groups in total. The van der Waals surface area contributed by atoms with Crippen LogP contribution in [0.5, 0.6) is 0 Å². The van der Waals surface area contributed by atoms with E-state index in [1.807, 2.05) is 30.5 Å². The highest BCUT2D eigenvalue weighted by molar-refractivity contribution is 6.04. The minimum absolute atomic E-state index is 0.216. The van der Waals surface area contributed by atoms with Gasteiger partial charge in [0.15, 0.2) is 0 Å². The van der Waals surface area contributed by atoms with Crippen LogP contribution in [0.15, 0.2) is 61.3 Å². The van der Waals surface area contributed by atoms with Crippen LogP contribution < -0.4 is 11.2 Å². The molecule has 0 aliphatic heterocycles. The van der Waals surface area contributed by atoms with Crippen LogP contribution in [0.4, 0.5) is 10.2 Å². The van der Waals surface area contributed by atoms with Crippen molar-refractivity contribution in [2.24, 2.45) is 0 Å². The van der Waals surface area contributed by atoms with E-state index in [0.29, 0.717) is 11.4 Å². The number of nitrogens with one attached hydrogen (secondary N) is 1. The smallest absolute Gasteiger partial charge is 0.147 e. The van der Waals surface area contributed by atoms with Gasteiger partial charge in [-0.05, 0) is 50.3 Å². The third-order valence-corrected chi connectivity index (χ3v) is 8.36. The summed E-state index contributed by atoms with van der Waals surface area (Å²) in [5.74, 6) is 2.99. The highest BCUT2D eigenvalue weighted by Crippen LogP contribution is 2.57. The van der Waals surface area contributed by atoms with Gasteiger partial charge in [0.1, 0.15) is 29.3 Å². The number of nitrogens with two attached hydrogens (primary N) is 1. The van der Waals surface area contributed by atoms with Crippen molar-refractivity contribution in [3.05, 3.63) is 78.4 Å². The van der Waals surface area contributed by atoms with Crippen LogP contribution in [0.1, 0.15) is 43.4 Å². The number of benzene rings is 1. The zero-order valence-electron chi connectivity index (χ0n) is 21.2. The average molecular weight is 520 g/mol. The molecule has 4 heterocycles. The van der Waals surface area contributed by atoms with E-state index in [2.05, 4.69) is 37.0 Å². The molecule has 0 unspecified atom stereocenters. The van der Waals surface area contributed by atoms with Crippen molar-refractivity contribution in [3.63, 3.8) is 0 Å². The zero-order chi connectivity index (χ0) is 26.6. The van der Waals surface area contributed by atoms with Crippen molar-refractivity contribution < 1.29 is 9.23 Å². The molecule has 2 saturated carbocycles. The second-order valence-corrected chi connectivity index (χ2v) is 10.7. The predicted molar refractivity (Wildman–Crippen MR) is 147 cm³/mol. The van der Waals surface area contributed by atoms with E-state index in [1.54, 1.807) is 6.20 Å². The van der Waals surface area contributed by atoms with Crippen LogP contribution in [0.3, 0.4) is 0 Å². The van der Waals surface area contributed by atoms with Crippen LogP contribution in [-0.2, 0) is 17.0 Å². The molecule has 4 aromatic heterocycles. The lowest BCUT2D eigenvalue weighted by Crippen LogP contribution is -2.40. The second kappa shape index (κ2) is 8.83. The normalized spacial score (nSPS) is 22.1. The first-order chi connectivity index (χ1) is 19.0. The van der Waals surface area contributed by atoms with Crippen molar-refractivity contribution in [1.82, 2.24) is 30.0 Å². The quantitative estimate of drug-likeness (QED) is 0.243. The molecule has 0 amide bonds. The maximum Gasteiger partial charge on any atom is 0.147 e. The third kappa shape index (κ3) is 3.75. The Labute approximate surface area is 224 Å². The number of pyridine rings is 2. The van der Waals surface area contributed by atoms with Crippen LogP contribution in [0.25, 0.3) is 33.1 Å². The minimum Gasteiger partial charge on any atom is -0.383 e. The fourth-order valence-corrected chi connectivity index (χ4v) is 6.65. The molecule has 5 aromatic rings. The molecule has 2 bridgehead atoms. The number of nitrogens with zero attached hydrogens (tertiary/aromatic N) is 5. The first kappa shape index (κ1) is 23.7. The molecular formula is C30H26FN7O. The summed E-state index contributed by atoms with van der Waals surface area (Å²) in [6.45, 7) is 0.227. The first-order valence-electron chi connectivity index (χ1n) is 13.0. The molecule has 0 saturated heterocycles. The predicted octanol–water partition coefficient (Wildman–Crippen LogP) is 4.88. The van der Waals surface area contributed by atoms with Gasteiger partial charge in [-0.3, -0.25) is 14.8 Å².